The van der Waals surface area contributed by atoms with Crippen LogP contribution >= 0.6 is 0 Å². The van der Waals surface area contributed by atoms with Crippen molar-refractivity contribution in [3.8, 4) is 0 Å². The normalized spacial score (nSPS) is 10.9. The van der Waals surface area contributed by atoms with E-state index in [0.717, 1.165) is 5.69 Å². The van der Waals surface area contributed by atoms with Gasteiger partial charge in [0.05, 0.1) is 17.8 Å². The highest BCUT2D eigenvalue weighted by atomic mass is 16.4. The number of pyridine rings is 1. The molecule has 0 unspecified atom stereocenters. The number of nitrogens with zero attached hydrogens (tertiary/aromatic N) is 1. The van der Waals surface area contributed by atoms with Crippen LogP contribution in [0.2, 0.25) is 0 Å². The van der Waals surface area contributed by atoms with Gasteiger partial charge in [0.25, 0.3) is 0 Å². The summed E-state index contributed by atoms with van der Waals surface area (Å²) in [6, 6.07) is 3.12. The van der Waals surface area contributed by atoms with E-state index in [1.165, 1.54) is 0 Å². The molecule has 0 saturated heterocycles. The van der Waals surface area contributed by atoms with Crippen LogP contribution in [0, 0.1) is 13.8 Å². The second-order valence-electron chi connectivity index (χ2n) is 5.12. The number of aryl methyl sites for hydroxylation is 2. The zero-order chi connectivity index (χ0) is 14.6. The zero-order valence-corrected chi connectivity index (χ0v) is 11.6. The summed E-state index contributed by atoms with van der Waals surface area (Å²) >= 11 is 0. The molecule has 0 aliphatic rings. The number of rotatable bonds is 4. The highest BCUT2D eigenvalue weighted by molar-refractivity contribution is 5.90. The molecule has 0 atom stereocenters. The third kappa shape index (κ3) is 4.95. The second kappa shape index (κ2) is 5.69. The summed E-state index contributed by atoms with van der Waals surface area (Å²) in [7, 11) is 0. The van der Waals surface area contributed by atoms with E-state index in [1.807, 2.05) is 6.92 Å². The molecule has 0 spiro atoms. The molecule has 1 aromatic rings. The van der Waals surface area contributed by atoms with Gasteiger partial charge in [-0.05, 0) is 39.8 Å². The number of carboxylic acid groups (broad SMARTS) is 1. The fourth-order valence-corrected chi connectivity index (χ4v) is 1.70. The van der Waals surface area contributed by atoms with Gasteiger partial charge in [-0.3, -0.25) is 9.78 Å². The van der Waals surface area contributed by atoms with Crippen LogP contribution in [0.15, 0.2) is 12.1 Å². The molecule has 2 amide bonds. The molecule has 0 aromatic carbocycles. The first-order chi connectivity index (χ1) is 8.69. The van der Waals surface area contributed by atoms with Crippen molar-refractivity contribution >= 4 is 17.7 Å². The van der Waals surface area contributed by atoms with Crippen molar-refractivity contribution in [3.63, 3.8) is 0 Å². The first-order valence-electron chi connectivity index (χ1n) is 5.95. The predicted molar refractivity (Wildman–Crippen MR) is 72.2 cm³/mol. The van der Waals surface area contributed by atoms with E-state index in [9.17, 15) is 9.59 Å². The summed E-state index contributed by atoms with van der Waals surface area (Å²) in [5, 5.41) is 14.0. The Kier molecular flexibility index (Phi) is 4.47. The van der Waals surface area contributed by atoms with Crippen LogP contribution in [0.25, 0.3) is 0 Å². The Hall–Kier alpha value is -2.11. The summed E-state index contributed by atoms with van der Waals surface area (Å²) < 4.78 is 0. The predicted octanol–water partition coefficient (Wildman–Crippen LogP) is 2.07. The third-order valence-corrected chi connectivity index (χ3v) is 2.52. The summed E-state index contributed by atoms with van der Waals surface area (Å²) in [4.78, 5) is 26.7. The number of carboxylic acids is 1. The number of aromatic nitrogens is 1. The van der Waals surface area contributed by atoms with Crippen LogP contribution in [0.1, 0.15) is 31.7 Å². The number of carbonyl (C=O) groups is 2. The minimum atomic E-state index is -0.960. The topological polar surface area (TPSA) is 91.3 Å². The second-order valence-corrected chi connectivity index (χ2v) is 5.12. The van der Waals surface area contributed by atoms with Gasteiger partial charge in [0.15, 0.2) is 0 Å². The van der Waals surface area contributed by atoms with Crippen molar-refractivity contribution in [2.75, 3.05) is 5.32 Å². The van der Waals surface area contributed by atoms with E-state index >= 15 is 0 Å². The highest BCUT2D eigenvalue weighted by Gasteiger charge is 2.24. The number of carbonyl (C=O) groups excluding carboxylic acids is 1. The minimum Gasteiger partial charge on any atom is -0.481 e. The smallest absolute Gasteiger partial charge is 0.319 e. The lowest BCUT2D eigenvalue weighted by molar-refractivity contribution is -0.138. The Labute approximate surface area is 112 Å². The monoisotopic (exact) mass is 265 g/mol. The number of amides is 2. The van der Waals surface area contributed by atoms with Crippen LogP contribution in [0.3, 0.4) is 0 Å². The molecule has 0 aliphatic heterocycles. The molecule has 3 N–H and O–H groups in total. The van der Waals surface area contributed by atoms with Gasteiger partial charge in [-0.25, -0.2) is 4.79 Å². The summed E-state index contributed by atoms with van der Waals surface area (Å²) in [6.07, 6.45) is -0.147. The number of urea groups is 1. The minimum absolute atomic E-state index is 0.147. The van der Waals surface area contributed by atoms with Gasteiger partial charge in [0, 0.05) is 11.2 Å². The molecule has 0 aliphatic carbocycles. The number of nitrogens with one attached hydrogen (secondary N) is 2. The van der Waals surface area contributed by atoms with Gasteiger partial charge < -0.3 is 15.7 Å². The maximum Gasteiger partial charge on any atom is 0.319 e. The van der Waals surface area contributed by atoms with Crippen molar-refractivity contribution in [3.05, 3.63) is 23.5 Å². The van der Waals surface area contributed by atoms with E-state index in [-0.39, 0.29) is 6.42 Å². The first-order valence-corrected chi connectivity index (χ1v) is 5.95. The van der Waals surface area contributed by atoms with Crippen molar-refractivity contribution in [1.82, 2.24) is 10.3 Å². The van der Waals surface area contributed by atoms with E-state index in [2.05, 4.69) is 15.6 Å². The molecule has 0 radical (unpaired) electrons. The maximum absolute atomic E-state index is 11.8. The number of hydrogen-bond donors (Lipinski definition) is 3. The van der Waals surface area contributed by atoms with Gasteiger partial charge in [0.2, 0.25) is 0 Å². The fraction of sp³-hybridized carbons (Fsp3) is 0.462. The largest absolute Gasteiger partial charge is 0.481 e. The molecular weight excluding hydrogens is 246 g/mol. The number of hydrogen-bond acceptors (Lipinski definition) is 3. The van der Waals surface area contributed by atoms with Crippen LogP contribution in [-0.2, 0) is 4.79 Å². The van der Waals surface area contributed by atoms with Crippen molar-refractivity contribution in [2.24, 2.45) is 0 Å². The average Bonchev–Trinajstić information content (AvgIpc) is 2.19. The molecule has 104 valence electrons. The van der Waals surface area contributed by atoms with Crippen molar-refractivity contribution in [2.45, 2.75) is 39.7 Å². The Balaban J connectivity index is 2.67. The van der Waals surface area contributed by atoms with Crippen LogP contribution < -0.4 is 10.6 Å². The maximum atomic E-state index is 11.8. The fourth-order valence-electron chi connectivity index (χ4n) is 1.70. The molecular formula is C13H19N3O3. The SMILES string of the molecule is Cc1ccc(NC(=O)NC(C)(C)CC(=O)O)c(C)n1. The van der Waals surface area contributed by atoms with E-state index in [0.29, 0.717) is 11.4 Å². The third-order valence-electron chi connectivity index (χ3n) is 2.52. The summed E-state index contributed by atoms with van der Waals surface area (Å²) in [6.45, 7) is 6.97. The van der Waals surface area contributed by atoms with Gasteiger partial charge in [-0.2, -0.15) is 0 Å². The van der Waals surface area contributed by atoms with Crippen LogP contribution in [0.4, 0.5) is 10.5 Å². The molecule has 0 bridgehead atoms. The molecule has 1 rings (SSSR count). The zero-order valence-electron chi connectivity index (χ0n) is 11.6. The van der Waals surface area contributed by atoms with Crippen molar-refractivity contribution in [1.29, 1.82) is 0 Å². The number of anilines is 1. The van der Waals surface area contributed by atoms with Crippen LogP contribution in [-0.4, -0.2) is 27.6 Å². The Morgan fingerprint density at radius 2 is 1.95 bits per heavy atom. The molecule has 19 heavy (non-hydrogen) atoms. The molecule has 1 heterocycles. The van der Waals surface area contributed by atoms with E-state index in [4.69, 9.17) is 5.11 Å². The number of aliphatic carboxylic acids is 1. The summed E-state index contributed by atoms with van der Waals surface area (Å²) in [5.41, 5.74) is 1.37. The Morgan fingerprint density at radius 1 is 1.32 bits per heavy atom. The van der Waals surface area contributed by atoms with Crippen molar-refractivity contribution < 1.29 is 14.7 Å². The van der Waals surface area contributed by atoms with E-state index < -0.39 is 17.5 Å². The van der Waals surface area contributed by atoms with Crippen LogP contribution in [0.5, 0.6) is 0 Å². The standard InChI is InChI=1S/C13H19N3O3/c1-8-5-6-10(9(2)14-8)15-12(19)16-13(3,4)7-11(17)18/h5-6H,7H2,1-4H3,(H,17,18)(H2,15,16,19). The van der Waals surface area contributed by atoms with Gasteiger partial charge in [0.1, 0.15) is 0 Å². The highest BCUT2D eigenvalue weighted by Crippen LogP contribution is 2.13. The quantitative estimate of drug-likeness (QED) is 0.777. The Bertz CT molecular complexity index is 498. The molecule has 0 fully saturated rings. The molecule has 1 aromatic heterocycles. The lowest BCUT2D eigenvalue weighted by Crippen LogP contribution is -2.46. The average molecular weight is 265 g/mol. The summed E-state index contributed by atoms with van der Waals surface area (Å²) in [5.74, 6) is -0.960. The van der Waals surface area contributed by atoms with Gasteiger partial charge in [-0.1, -0.05) is 0 Å². The molecule has 0 saturated carbocycles. The Morgan fingerprint density at radius 3 is 2.47 bits per heavy atom. The van der Waals surface area contributed by atoms with E-state index in [1.54, 1.807) is 32.9 Å². The van der Waals surface area contributed by atoms with Gasteiger partial charge in [-0.15, -0.1) is 0 Å². The molecule has 6 nitrogen and oxygen atoms in total. The van der Waals surface area contributed by atoms with Gasteiger partial charge >= 0.3 is 12.0 Å². The molecule has 6 heteroatoms. The lowest BCUT2D eigenvalue weighted by Gasteiger charge is -2.24. The first kappa shape index (κ1) is 14.9. The lowest BCUT2D eigenvalue weighted by atomic mass is 10.0.